The standard InChI is InChI=1S/C25H24F2N4O3/c26-18-5-3-4-16(12-18)13-22(30-24(33)23-20(27)8-10-28-23)25(34)31-11-9-17(14-31)19-6-1-2-7-21(19)29-15-32/h1-8,10,12,15,17,22,28H,9,11,13-14H2,(H,29,32)(H,30,33). The first-order valence-corrected chi connectivity index (χ1v) is 10.9. The molecule has 0 saturated carbocycles. The van der Waals surface area contributed by atoms with Gasteiger partial charge in [0, 0.05) is 37.3 Å². The predicted molar refractivity (Wildman–Crippen MR) is 122 cm³/mol. The van der Waals surface area contributed by atoms with Crippen molar-refractivity contribution in [3.63, 3.8) is 0 Å². The number of benzene rings is 2. The number of anilines is 1. The van der Waals surface area contributed by atoms with Crippen molar-refractivity contribution in [1.29, 1.82) is 0 Å². The molecule has 2 aromatic carbocycles. The fraction of sp³-hybridized carbons (Fsp3) is 0.240. The second kappa shape index (κ2) is 10.3. The number of H-pyrrole nitrogens is 1. The Morgan fingerprint density at radius 3 is 2.71 bits per heavy atom. The highest BCUT2D eigenvalue weighted by Crippen LogP contribution is 2.32. The summed E-state index contributed by atoms with van der Waals surface area (Å²) < 4.78 is 27.6. The van der Waals surface area contributed by atoms with Gasteiger partial charge in [0.1, 0.15) is 17.6 Å². The molecule has 1 aromatic heterocycles. The molecular weight excluding hydrogens is 442 g/mol. The minimum Gasteiger partial charge on any atom is -0.355 e. The van der Waals surface area contributed by atoms with Crippen molar-refractivity contribution in [2.45, 2.75) is 24.8 Å². The van der Waals surface area contributed by atoms with Crippen LogP contribution in [0.2, 0.25) is 0 Å². The number of para-hydroxylation sites is 1. The SMILES string of the molecule is O=CNc1ccccc1C1CCN(C(=O)C(Cc2cccc(F)c2)NC(=O)c2[nH]ccc2F)C1. The predicted octanol–water partition coefficient (Wildman–Crippen LogP) is 3.22. The average molecular weight is 466 g/mol. The van der Waals surface area contributed by atoms with Crippen LogP contribution in [0.1, 0.15) is 34.0 Å². The summed E-state index contributed by atoms with van der Waals surface area (Å²) in [6.45, 7) is 0.841. The largest absolute Gasteiger partial charge is 0.355 e. The number of aromatic amines is 1. The quantitative estimate of drug-likeness (QED) is 0.445. The summed E-state index contributed by atoms with van der Waals surface area (Å²) in [4.78, 5) is 41.2. The minimum atomic E-state index is -1.01. The molecule has 0 spiro atoms. The number of halogens is 2. The van der Waals surface area contributed by atoms with Crippen molar-refractivity contribution in [2.75, 3.05) is 18.4 Å². The molecule has 3 N–H and O–H groups in total. The van der Waals surface area contributed by atoms with Crippen LogP contribution in [0, 0.1) is 11.6 Å². The van der Waals surface area contributed by atoms with E-state index in [0.29, 0.717) is 37.2 Å². The van der Waals surface area contributed by atoms with Gasteiger partial charge in [-0.15, -0.1) is 0 Å². The Morgan fingerprint density at radius 1 is 1.15 bits per heavy atom. The van der Waals surface area contributed by atoms with Gasteiger partial charge in [-0.05, 0) is 41.8 Å². The van der Waals surface area contributed by atoms with Crippen molar-refractivity contribution in [1.82, 2.24) is 15.2 Å². The molecule has 2 heterocycles. The number of hydrogen-bond acceptors (Lipinski definition) is 3. The van der Waals surface area contributed by atoms with Crippen LogP contribution in [0.5, 0.6) is 0 Å². The van der Waals surface area contributed by atoms with Gasteiger partial charge in [0.25, 0.3) is 5.91 Å². The normalized spacial score (nSPS) is 16.2. The zero-order valence-electron chi connectivity index (χ0n) is 18.3. The molecule has 1 aliphatic rings. The number of rotatable bonds is 8. The third-order valence-corrected chi connectivity index (χ3v) is 5.97. The molecule has 0 radical (unpaired) electrons. The maximum absolute atomic E-state index is 13.9. The number of aromatic nitrogens is 1. The molecule has 3 amide bonds. The molecule has 7 nitrogen and oxygen atoms in total. The molecule has 1 saturated heterocycles. The van der Waals surface area contributed by atoms with Gasteiger partial charge in [0.2, 0.25) is 12.3 Å². The van der Waals surface area contributed by atoms with Crippen LogP contribution in [0.3, 0.4) is 0 Å². The fourth-order valence-corrected chi connectivity index (χ4v) is 4.34. The van der Waals surface area contributed by atoms with Crippen LogP contribution in [-0.2, 0) is 16.0 Å². The van der Waals surface area contributed by atoms with Crippen molar-refractivity contribution < 1.29 is 23.2 Å². The van der Waals surface area contributed by atoms with Gasteiger partial charge in [-0.3, -0.25) is 14.4 Å². The number of nitrogens with one attached hydrogen (secondary N) is 3. The topological polar surface area (TPSA) is 94.3 Å². The summed E-state index contributed by atoms with van der Waals surface area (Å²) in [5.74, 6) is -2.28. The molecule has 2 atom stereocenters. The molecule has 176 valence electrons. The second-order valence-corrected chi connectivity index (χ2v) is 8.18. The summed E-state index contributed by atoms with van der Waals surface area (Å²) in [6.07, 6.45) is 2.63. The number of carbonyl (C=O) groups is 3. The van der Waals surface area contributed by atoms with Gasteiger partial charge in [-0.2, -0.15) is 0 Å². The van der Waals surface area contributed by atoms with E-state index in [9.17, 15) is 23.2 Å². The number of hydrogen-bond donors (Lipinski definition) is 3. The van der Waals surface area contributed by atoms with Crippen LogP contribution in [0.15, 0.2) is 60.8 Å². The molecule has 2 unspecified atom stereocenters. The Bertz CT molecular complexity index is 1200. The third kappa shape index (κ3) is 5.14. The highest BCUT2D eigenvalue weighted by atomic mass is 19.1. The van der Waals surface area contributed by atoms with Crippen molar-refractivity contribution >= 4 is 23.9 Å². The zero-order chi connectivity index (χ0) is 24.1. The molecule has 0 aliphatic carbocycles. The molecule has 34 heavy (non-hydrogen) atoms. The van der Waals surface area contributed by atoms with E-state index in [1.54, 1.807) is 17.0 Å². The second-order valence-electron chi connectivity index (χ2n) is 8.18. The number of likely N-dealkylation sites (tertiary alicyclic amines) is 1. The summed E-state index contributed by atoms with van der Waals surface area (Å²) in [5, 5.41) is 5.30. The monoisotopic (exact) mass is 466 g/mol. The smallest absolute Gasteiger partial charge is 0.271 e. The Hall–Kier alpha value is -4.01. The van der Waals surface area contributed by atoms with Crippen LogP contribution < -0.4 is 10.6 Å². The minimum absolute atomic E-state index is 0.000951. The number of amides is 3. The molecule has 3 aromatic rings. The van der Waals surface area contributed by atoms with Crippen molar-refractivity contribution in [3.8, 4) is 0 Å². The third-order valence-electron chi connectivity index (χ3n) is 5.97. The van der Waals surface area contributed by atoms with E-state index < -0.39 is 23.6 Å². The van der Waals surface area contributed by atoms with Crippen LogP contribution in [-0.4, -0.2) is 47.2 Å². The highest BCUT2D eigenvalue weighted by Gasteiger charge is 2.34. The Morgan fingerprint density at radius 2 is 1.97 bits per heavy atom. The molecule has 1 aliphatic heterocycles. The van der Waals surface area contributed by atoms with E-state index >= 15 is 0 Å². The Balaban J connectivity index is 1.53. The average Bonchev–Trinajstić information content (AvgIpc) is 3.48. The lowest BCUT2D eigenvalue weighted by Crippen LogP contribution is -2.49. The molecule has 0 bridgehead atoms. The van der Waals surface area contributed by atoms with Gasteiger partial charge in [0.05, 0.1) is 0 Å². The maximum Gasteiger partial charge on any atom is 0.271 e. The Kier molecular flexibility index (Phi) is 7.01. The van der Waals surface area contributed by atoms with Gasteiger partial charge < -0.3 is 20.5 Å². The van der Waals surface area contributed by atoms with E-state index in [2.05, 4.69) is 15.6 Å². The van der Waals surface area contributed by atoms with E-state index in [4.69, 9.17) is 0 Å². The van der Waals surface area contributed by atoms with Crippen molar-refractivity contribution in [2.24, 2.45) is 0 Å². The van der Waals surface area contributed by atoms with E-state index in [1.165, 1.54) is 24.4 Å². The first kappa shape index (κ1) is 23.2. The number of nitrogens with zero attached hydrogens (tertiary/aromatic N) is 1. The van der Waals surface area contributed by atoms with Gasteiger partial charge in [-0.25, -0.2) is 8.78 Å². The highest BCUT2D eigenvalue weighted by molar-refractivity contribution is 5.96. The van der Waals surface area contributed by atoms with E-state index in [-0.39, 0.29) is 23.9 Å². The first-order chi connectivity index (χ1) is 16.5. The summed E-state index contributed by atoms with van der Waals surface area (Å²) >= 11 is 0. The summed E-state index contributed by atoms with van der Waals surface area (Å²) in [7, 11) is 0. The fourth-order valence-electron chi connectivity index (χ4n) is 4.34. The van der Waals surface area contributed by atoms with Crippen LogP contribution >= 0.6 is 0 Å². The molecule has 1 fully saturated rings. The van der Waals surface area contributed by atoms with Crippen LogP contribution in [0.4, 0.5) is 14.5 Å². The maximum atomic E-state index is 13.9. The molecule has 9 heteroatoms. The first-order valence-electron chi connectivity index (χ1n) is 10.9. The van der Waals surface area contributed by atoms with E-state index in [0.717, 1.165) is 11.6 Å². The number of carbonyl (C=O) groups excluding carboxylic acids is 3. The zero-order valence-corrected chi connectivity index (χ0v) is 18.3. The van der Waals surface area contributed by atoms with Crippen molar-refractivity contribution in [3.05, 3.63) is 89.2 Å². The summed E-state index contributed by atoms with van der Waals surface area (Å²) in [6, 6.07) is 13.3. The van der Waals surface area contributed by atoms with Gasteiger partial charge in [0.15, 0.2) is 5.82 Å². The summed E-state index contributed by atoms with van der Waals surface area (Å²) in [5.41, 5.74) is 1.86. The van der Waals surface area contributed by atoms with Gasteiger partial charge >= 0.3 is 0 Å². The Labute approximate surface area is 195 Å². The van der Waals surface area contributed by atoms with E-state index in [1.807, 2.05) is 18.2 Å². The lowest BCUT2D eigenvalue weighted by molar-refractivity contribution is -0.132. The molecular formula is C25H24F2N4O3. The lowest BCUT2D eigenvalue weighted by atomic mass is 9.96. The molecule has 4 rings (SSSR count). The van der Waals surface area contributed by atoms with Crippen LogP contribution in [0.25, 0.3) is 0 Å². The lowest BCUT2D eigenvalue weighted by Gasteiger charge is -2.25. The van der Waals surface area contributed by atoms with Gasteiger partial charge in [-0.1, -0.05) is 30.3 Å².